The van der Waals surface area contributed by atoms with Crippen LogP contribution in [-0.2, 0) is 71.5 Å². The first-order chi connectivity index (χ1) is 37.7. The minimum Gasteiger partial charge on any atom is -0.394 e. The van der Waals surface area contributed by atoms with Crippen LogP contribution in [0.1, 0.15) is 93.1 Å². The van der Waals surface area contributed by atoms with E-state index in [-0.39, 0.29) is 37.9 Å². The van der Waals surface area contributed by atoms with Crippen molar-refractivity contribution < 1.29 is 86.4 Å². The zero-order valence-corrected chi connectivity index (χ0v) is 48.9. The summed E-state index contributed by atoms with van der Waals surface area (Å²) in [6.45, 7) is -3.00. The maximum atomic E-state index is 17.6. The maximum Gasteiger partial charge on any atom is 0.737 e. The van der Waals surface area contributed by atoms with Crippen LogP contribution in [0.15, 0.2) is 53.7 Å². The highest BCUT2D eigenvalue weighted by atomic mass is 32.2. The van der Waals surface area contributed by atoms with Crippen molar-refractivity contribution in [1.82, 2.24) is 35.7 Å². The number of amides is 6. The molecule has 1 saturated heterocycles. The second kappa shape index (κ2) is 28.2. The van der Waals surface area contributed by atoms with Gasteiger partial charge in [-0.1, -0.05) is 24.6 Å². The predicted octanol–water partition coefficient (Wildman–Crippen LogP) is 1.03. The van der Waals surface area contributed by atoms with Gasteiger partial charge in [-0.15, -0.1) is 5.06 Å². The van der Waals surface area contributed by atoms with Gasteiger partial charge in [0.25, 0.3) is 32.1 Å². The number of hydrogen-bond acceptors (Lipinski definition) is 13. The summed E-state index contributed by atoms with van der Waals surface area (Å²) in [4.78, 5) is 95.2. The molecule has 2 aromatic rings. The summed E-state index contributed by atoms with van der Waals surface area (Å²) in [5.41, 5.74) is 3.13. The van der Waals surface area contributed by atoms with Gasteiger partial charge in [0.15, 0.2) is 11.4 Å². The summed E-state index contributed by atoms with van der Waals surface area (Å²) < 4.78 is 106. The zero-order chi connectivity index (χ0) is 60.1. The lowest BCUT2D eigenvalue weighted by atomic mass is 9.88. The Kier molecular flexibility index (Phi) is 22.8. The number of fused-ring (bicyclic) bond motifs is 2. The number of aromatic nitrogens is 1. The molecule has 24 nitrogen and oxygen atoms in total. The fourth-order valence-electron chi connectivity index (χ4n) is 9.69. The summed E-state index contributed by atoms with van der Waals surface area (Å²) in [7, 11) is 4.22. The molecule has 0 saturated carbocycles. The van der Waals surface area contributed by atoms with E-state index < -0.39 is 105 Å². The van der Waals surface area contributed by atoms with Gasteiger partial charge in [0, 0.05) is 74.1 Å². The van der Waals surface area contributed by atoms with Crippen LogP contribution < -0.4 is 21.3 Å². The highest BCUT2D eigenvalue weighted by molar-refractivity contribution is 7.86. The Hall–Kier alpha value is -6.24. The molecule has 6 N–H and O–H groups in total. The molecule has 4 heterocycles. The maximum absolute atomic E-state index is 17.6. The van der Waals surface area contributed by atoms with Crippen molar-refractivity contribution in [1.29, 1.82) is 0 Å². The number of unbranched alkanes of at least 4 members (excludes halogenated alkanes) is 2. The topological polar surface area (TPSA) is 300 Å². The molecule has 1 aromatic carbocycles. The van der Waals surface area contributed by atoms with Gasteiger partial charge in [-0.3, -0.25) is 37.9 Å². The van der Waals surface area contributed by atoms with Gasteiger partial charge in [-0.05, 0) is 88.1 Å². The zero-order valence-electron chi connectivity index (χ0n) is 47.2. The lowest BCUT2D eigenvalue weighted by Crippen LogP contribution is -2.55. The summed E-state index contributed by atoms with van der Waals surface area (Å²) in [5, 5.41) is 9.37. The number of halogens is 2. The number of benzene rings is 1. The molecule has 0 aliphatic carbocycles. The van der Waals surface area contributed by atoms with Crippen LogP contribution in [0.3, 0.4) is 0 Å². The number of rotatable bonds is 33. The molecule has 29 heteroatoms. The van der Waals surface area contributed by atoms with E-state index >= 15 is 8.63 Å². The van der Waals surface area contributed by atoms with E-state index in [0.717, 1.165) is 34.0 Å². The SMILES string of the molecule is CN(CCCCCC(=O)ON1C(=O)CCC1=O)CCCNC(=O)C(CS(=O)(=O)O)NC(=O)CNC(=O)C(CS(=O)(=O)O)NC(=O)CCc1cc(CCC[N+](C)(C)C)c2n1[B-](F)(F)[N+]1=C(c3ccccc3)C=C(CCC[N+](C)(C)C)C1=C2. The highest BCUT2D eigenvalue weighted by Crippen LogP contribution is 2.40. The Labute approximate surface area is 472 Å². The predicted molar refractivity (Wildman–Crippen MR) is 297 cm³/mol. The summed E-state index contributed by atoms with van der Waals surface area (Å²) in [5.74, 6) is -8.86. The van der Waals surface area contributed by atoms with E-state index in [1.54, 1.807) is 49.5 Å². The van der Waals surface area contributed by atoms with E-state index in [9.17, 15) is 59.5 Å². The molecule has 2 unspecified atom stereocenters. The van der Waals surface area contributed by atoms with Crippen LogP contribution in [0.4, 0.5) is 8.63 Å². The number of aryl methyl sites for hydroxylation is 2. The molecule has 0 radical (unpaired) electrons. The number of nitrogens with zero attached hydrogens (tertiary/aromatic N) is 6. The molecule has 3 aliphatic heterocycles. The Morgan fingerprint density at radius 2 is 1.31 bits per heavy atom. The number of carbonyl (C=O) groups is 7. The molecule has 0 spiro atoms. The smallest absolute Gasteiger partial charge is 0.394 e. The van der Waals surface area contributed by atoms with Gasteiger partial charge in [0.05, 0.1) is 61.9 Å². The summed E-state index contributed by atoms with van der Waals surface area (Å²) in [6.07, 6.45) is 7.27. The lowest BCUT2D eigenvalue weighted by Gasteiger charge is -2.32. The minimum absolute atomic E-state index is 0.00297. The second-order valence-electron chi connectivity index (χ2n) is 22.8. The Morgan fingerprint density at radius 1 is 0.741 bits per heavy atom. The normalized spacial score (nSPS) is 16.1. The van der Waals surface area contributed by atoms with E-state index in [1.165, 1.54) is 0 Å². The minimum atomic E-state index is -4.98. The number of hydrogen-bond donors (Lipinski definition) is 6. The van der Waals surface area contributed by atoms with E-state index in [0.29, 0.717) is 100 Å². The molecular formula is C52H79BF2N10O14S2+2. The lowest BCUT2D eigenvalue weighted by molar-refractivity contribution is -0.870. The van der Waals surface area contributed by atoms with Gasteiger partial charge < -0.3 is 57.6 Å². The van der Waals surface area contributed by atoms with Crippen molar-refractivity contribution >= 4 is 80.4 Å². The molecule has 0 bridgehead atoms. The number of hydroxylamine groups is 2. The van der Waals surface area contributed by atoms with Crippen molar-refractivity contribution in [3.05, 3.63) is 76.3 Å². The molecule has 81 heavy (non-hydrogen) atoms. The quantitative estimate of drug-likeness (QED) is 0.0191. The standard InChI is InChI=1S/C52H77BF2N10O14S2/c1-60(27-13-9-12-21-50(70)79-63-48(68)24-25-49(63)69)28-16-26-56-51(71)41(35-80(73,74)75)59-47(67)34-57-52(72)42(36-81(76,77)78)58-46(66)23-22-40-31-38(19-14-29-64(2,3)4)44-33-45-39(20-15-30-65(5,6)7)32-43(37-17-10-8-11-18-37)62(45)53(54,55)61(40)44/h8,10-11,17-18,31-33,41-42H,9,12-16,19-30,34-36H2,1-7H3,(H4-2,56,57,58,59,66,67,71,72,73,74,75,76,77,78)/p+2. The number of nitrogens with one attached hydrogen (secondary N) is 4. The number of allylic oxidation sites excluding steroid dienone is 2. The third kappa shape index (κ3) is 20.6. The molecule has 5 rings (SSSR count). The third-order valence-electron chi connectivity index (χ3n) is 13.6. The van der Waals surface area contributed by atoms with E-state index in [2.05, 4.69) is 42.4 Å². The monoisotopic (exact) mass is 1180 g/mol. The van der Waals surface area contributed by atoms with Crippen molar-refractivity contribution in [2.75, 3.05) is 100 Å². The first-order valence-corrected chi connectivity index (χ1v) is 30.2. The van der Waals surface area contributed by atoms with Gasteiger partial charge in [0.2, 0.25) is 23.6 Å². The second-order valence-corrected chi connectivity index (χ2v) is 25.8. The van der Waals surface area contributed by atoms with Gasteiger partial charge in [-0.25, -0.2) is 4.79 Å². The number of imide groups is 1. The highest BCUT2D eigenvalue weighted by Gasteiger charge is 2.54. The van der Waals surface area contributed by atoms with Crippen LogP contribution in [0, 0.1) is 0 Å². The van der Waals surface area contributed by atoms with Gasteiger partial charge >= 0.3 is 12.9 Å². The van der Waals surface area contributed by atoms with Crippen molar-refractivity contribution in [2.24, 2.45) is 0 Å². The van der Waals surface area contributed by atoms with E-state index in [1.807, 2.05) is 32.1 Å². The Balaban J connectivity index is 1.20. The fourth-order valence-corrected chi connectivity index (χ4v) is 11.0. The van der Waals surface area contributed by atoms with E-state index in [4.69, 9.17) is 4.84 Å². The third-order valence-corrected chi connectivity index (χ3v) is 15.1. The van der Waals surface area contributed by atoms with Crippen LogP contribution in [-0.4, -0.2) is 220 Å². The van der Waals surface area contributed by atoms with Crippen LogP contribution in [0.25, 0.3) is 6.08 Å². The van der Waals surface area contributed by atoms with Crippen molar-refractivity contribution in [2.45, 2.75) is 95.6 Å². The molecule has 3 aliphatic rings. The summed E-state index contributed by atoms with van der Waals surface area (Å²) >= 11 is 0. The molecule has 2 atom stereocenters. The molecule has 1 aromatic heterocycles. The van der Waals surface area contributed by atoms with Crippen LogP contribution in [0.5, 0.6) is 0 Å². The molecular weight excluding hydrogens is 1100 g/mol. The average Bonchev–Trinajstić information content (AvgIpc) is 3.52. The fraction of sp³-hybridized carbons (Fsp3) is 0.577. The van der Waals surface area contributed by atoms with Crippen LogP contribution >= 0.6 is 0 Å². The van der Waals surface area contributed by atoms with Gasteiger partial charge in [-0.2, -0.15) is 16.8 Å². The van der Waals surface area contributed by atoms with Crippen LogP contribution in [0.2, 0.25) is 0 Å². The number of quaternary nitrogens is 2. The number of carbonyl (C=O) groups excluding carboxylic acids is 7. The largest absolute Gasteiger partial charge is 0.737 e. The first-order valence-electron chi connectivity index (χ1n) is 27.0. The van der Waals surface area contributed by atoms with Crippen molar-refractivity contribution in [3.8, 4) is 0 Å². The Morgan fingerprint density at radius 3 is 1.90 bits per heavy atom. The van der Waals surface area contributed by atoms with Crippen molar-refractivity contribution in [3.63, 3.8) is 0 Å². The molecule has 6 amide bonds. The Bertz CT molecular complexity index is 2980. The molecule has 1 fully saturated rings. The first kappa shape index (κ1) is 65.6. The summed E-state index contributed by atoms with van der Waals surface area (Å²) in [6, 6.07) is 6.65. The van der Waals surface area contributed by atoms with Gasteiger partial charge in [0.1, 0.15) is 23.6 Å². The molecule has 448 valence electrons. The average molecular weight is 1180 g/mol.